The summed E-state index contributed by atoms with van der Waals surface area (Å²) in [5, 5.41) is 12.8. The molecule has 1 rings (SSSR count). The van der Waals surface area contributed by atoms with Crippen molar-refractivity contribution in [1.29, 1.82) is 0 Å². The Hall–Kier alpha value is -1.85. The Bertz CT molecular complexity index is 400. The highest BCUT2D eigenvalue weighted by Crippen LogP contribution is 2.01. The lowest BCUT2D eigenvalue weighted by molar-refractivity contribution is -0.144. The van der Waals surface area contributed by atoms with Gasteiger partial charge in [0.1, 0.15) is 6.54 Å². The number of carbonyl (C=O) groups is 2. The molecule has 0 unspecified atom stereocenters. The third-order valence-electron chi connectivity index (χ3n) is 2.27. The van der Waals surface area contributed by atoms with Crippen LogP contribution in [0.15, 0.2) is 12.3 Å². The van der Waals surface area contributed by atoms with E-state index in [1.165, 1.54) is 4.90 Å². The SMILES string of the molecule is CCCN(CC(=O)O)C(=O)Cc1ccn(C)n1. The van der Waals surface area contributed by atoms with Crippen LogP contribution in [-0.4, -0.2) is 44.8 Å². The van der Waals surface area contributed by atoms with Crippen LogP contribution >= 0.6 is 0 Å². The Balaban J connectivity index is 2.61. The second-order valence-corrected chi connectivity index (χ2v) is 3.87. The quantitative estimate of drug-likeness (QED) is 0.774. The van der Waals surface area contributed by atoms with Crippen molar-refractivity contribution >= 4 is 11.9 Å². The zero-order chi connectivity index (χ0) is 12.8. The van der Waals surface area contributed by atoms with Gasteiger partial charge in [0.25, 0.3) is 0 Å². The van der Waals surface area contributed by atoms with Gasteiger partial charge in [-0.25, -0.2) is 0 Å². The number of carboxylic acid groups (broad SMARTS) is 1. The van der Waals surface area contributed by atoms with Crippen LogP contribution in [-0.2, 0) is 23.1 Å². The second-order valence-electron chi connectivity index (χ2n) is 3.87. The summed E-state index contributed by atoms with van der Waals surface area (Å²) in [5.74, 6) is -1.19. The Morgan fingerprint density at radius 1 is 1.53 bits per heavy atom. The summed E-state index contributed by atoms with van der Waals surface area (Å²) in [6.07, 6.45) is 2.64. The summed E-state index contributed by atoms with van der Waals surface area (Å²) >= 11 is 0. The minimum Gasteiger partial charge on any atom is -0.480 e. The predicted molar refractivity (Wildman–Crippen MR) is 61.4 cm³/mol. The van der Waals surface area contributed by atoms with Crippen LogP contribution in [0.4, 0.5) is 0 Å². The van der Waals surface area contributed by atoms with E-state index in [-0.39, 0.29) is 18.9 Å². The molecule has 0 saturated carbocycles. The molecule has 0 aromatic carbocycles. The number of carboxylic acids is 1. The summed E-state index contributed by atoms with van der Waals surface area (Å²) < 4.78 is 1.62. The molecule has 0 aliphatic rings. The zero-order valence-electron chi connectivity index (χ0n) is 10.1. The van der Waals surface area contributed by atoms with Gasteiger partial charge in [0.2, 0.25) is 5.91 Å². The van der Waals surface area contributed by atoms with E-state index >= 15 is 0 Å². The number of aryl methyl sites for hydroxylation is 1. The average molecular weight is 239 g/mol. The molecule has 1 aromatic heterocycles. The molecule has 0 bridgehead atoms. The van der Waals surface area contributed by atoms with Crippen molar-refractivity contribution in [3.05, 3.63) is 18.0 Å². The summed E-state index contributed by atoms with van der Waals surface area (Å²) in [5.41, 5.74) is 0.656. The fourth-order valence-electron chi connectivity index (χ4n) is 1.55. The van der Waals surface area contributed by atoms with Gasteiger partial charge in [-0.2, -0.15) is 5.10 Å². The molecule has 0 aliphatic heterocycles. The molecule has 1 aromatic rings. The van der Waals surface area contributed by atoms with Crippen LogP contribution < -0.4 is 0 Å². The predicted octanol–water partition coefficient (Wildman–Crippen LogP) is 0.286. The fourth-order valence-corrected chi connectivity index (χ4v) is 1.55. The first-order chi connectivity index (χ1) is 8.02. The number of carbonyl (C=O) groups excluding carboxylic acids is 1. The molecule has 0 saturated heterocycles. The highest BCUT2D eigenvalue weighted by Gasteiger charge is 2.17. The van der Waals surface area contributed by atoms with Crippen molar-refractivity contribution in [1.82, 2.24) is 14.7 Å². The third kappa shape index (κ3) is 4.26. The standard InChI is InChI=1S/C11H17N3O3/c1-3-5-14(8-11(16)17)10(15)7-9-4-6-13(2)12-9/h4,6H,3,5,7-8H2,1-2H3,(H,16,17). The minimum atomic E-state index is -0.993. The van der Waals surface area contributed by atoms with E-state index < -0.39 is 5.97 Å². The van der Waals surface area contributed by atoms with Crippen LogP contribution in [0.25, 0.3) is 0 Å². The molecule has 1 heterocycles. The van der Waals surface area contributed by atoms with Crippen LogP contribution in [0.2, 0.25) is 0 Å². The smallest absolute Gasteiger partial charge is 0.323 e. The van der Waals surface area contributed by atoms with E-state index in [2.05, 4.69) is 5.10 Å². The molecule has 6 nitrogen and oxygen atoms in total. The fraction of sp³-hybridized carbons (Fsp3) is 0.545. The summed E-state index contributed by atoms with van der Waals surface area (Å²) in [6.45, 7) is 2.11. The van der Waals surface area contributed by atoms with E-state index in [9.17, 15) is 9.59 Å². The van der Waals surface area contributed by atoms with Gasteiger partial charge in [-0.1, -0.05) is 6.92 Å². The van der Waals surface area contributed by atoms with Gasteiger partial charge in [0, 0.05) is 19.8 Å². The molecule has 0 spiro atoms. The maximum absolute atomic E-state index is 11.9. The first-order valence-corrected chi connectivity index (χ1v) is 5.51. The van der Waals surface area contributed by atoms with Crippen molar-refractivity contribution in [2.45, 2.75) is 19.8 Å². The number of aliphatic carboxylic acids is 1. The molecule has 0 aliphatic carbocycles. The maximum Gasteiger partial charge on any atom is 0.323 e. The van der Waals surface area contributed by atoms with E-state index in [4.69, 9.17) is 5.11 Å². The van der Waals surface area contributed by atoms with Gasteiger partial charge >= 0.3 is 5.97 Å². The van der Waals surface area contributed by atoms with Crippen LogP contribution in [0.3, 0.4) is 0 Å². The Morgan fingerprint density at radius 2 is 2.24 bits per heavy atom. The molecule has 1 N–H and O–H groups in total. The highest BCUT2D eigenvalue weighted by molar-refractivity contribution is 5.82. The molecule has 0 radical (unpaired) electrons. The van der Waals surface area contributed by atoms with E-state index in [1.807, 2.05) is 6.92 Å². The number of aromatic nitrogens is 2. The number of nitrogens with zero attached hydrogens (tertiary/aromatic N) is 3. The van der Waals surface area contributed by atoms with Gasteiger partial charge in [-0.05, 0) is 12.5 Å². The van der Waals surface area contributed by atoms with Gasteiger partial charge < -0.3 is 10.0 Å². The third-order valence-corrected chi connectivity index (χ3v) is 2.27. The van der Waals surface area contributed by atoms with Gasteiger partial charge in [-0.15, -0.1) is 0 Å². The summed E-state index contributed by atoms with van der Waals surface area (Å²) in [7, 11) is 1.77. The maximum atomic E-state index is 11.9. The van der Waals surface area contributed by atoms with Crippen molar-refractivity contribution in [3.8, 4) is 0 Å². The van der Waals surface area contributed by atoms with E-state index in [0.717, 1.165) is 6.42 Å². The lowest BCUT2D eigenvalue weighted by Crippen LogP contribution is -2.37. The van der Waals surface area contributed by atoms with Crippen molar-refractivity contribution < 1.29 is 14.7 Å². The molecule has 94 valence electrons. The number of hydrogen-bond donors (Lipinski definition) is 1. The van der Waals surface area contributed by atoms with Crippen LogP contribution in [0.5, 0.6) is 0 Å². The molecule has 0 fully saturated rings. The first kappa shape index (κ1) is 13.2. The Kier molecular flexibility index (Phi) is 4.68. The molecule has 0 atom stereocenters. The second kappa shape index (κ2) is 6.03. The molecular formula is C11H17N3O3. The van der Waals surface area contributed by atoms with Crippen molar-refractivity contribution in [2.24, 2.45) is 7.05 Å². The highest BCUT2D eigenvalue weighted by atomic mass is 16.4. The Labute approximate surface area is 99.8 Å². The zero-order valence-corrected chi connectivity index (χ0v) is 10.1. The van der Waals surface area contributed by atoms with Gasteiger partial charge in [-0.3, -0.25) is 14.3 Å². The lowest BCUT2D eigenvalue weighted by Gasteiger charge is -2.19. The van der Waals surface area contributed by atoms with Crippen molar-refractivity contribution in [3.63, 3.8) is 0 Å². The minimum absolute atomic E-state index is 0.147. The van der Waals surface area contributed by atoms with E-state index in [1.54, 1.807) is 24.0 Å². The number of rotatable bonds is 6. The monoisotopic (exact) mass is 239 g/mol. The average Bonchev–Trinajstić information content (AvgIpc) is 2.62. The first-order valence-electron chi connectivity index (χ1n) is 5.51. The normalized spacial score (nSPS) is 10.2. The molecule has 6 heteroatoms. The topological polar surface area (TPSA) is 75.4 Å². The largest absolute Gasteiger partial charge is 0.480 e. The van der Waals surface area contributed by atoms with E-state index in [0.29, 0.717) is 12.2 Å². The lowest BCUT2D eigenvalue weighted by atomic mass is 10.2. The molecule has 17 heavy (non-hydrogen) atoms. The molecule has 1 amide bonds. The van der Waals surface area contributed by atoms with Crippen LogP contribution in [0.1, 0.15) is 19.0 Å². The van der Waals surface area contributed by atoms with Crippen molar-refractivity contribution in [2.75, 3.05) is 13.1 Å². The molecular weight excluding hydrogens is 222 g/mol. The Morgan fingerprint density at radius 3 is 2.71 bits per heavy atom. The number of hydrogen-bond acceptors (Lipinski definition) is 3. The number of amides is 1. The van der Waals surface area contributed by atoms with Gasteiger partial charge in [0.05, 0.1) is 12.1 Å². The van der Waals surface area contributed by atoms with Gasteiger partial charge in [0.15, 0.2) is 0 Å². The summed E-state index contributed by atoms with van der Waals surface area (Å²) in [6, 6.07) is 1.75. The van der Waals surface area contributed by atoms with Crippen LogP contribution in [0, 0.1) is 0 Å². The summed E-state index contributed by atoms with van der Waals surface area (Å²) in [4.78, 5) is 23.8.